The number of pyridine rings is 1. The fourth-order valence-corrected chi connectivity index (χ4v) is 2.44. The van der Waals surface area contributed by atoms with E-state index in [0.29, 0.717) is 0 Å². The van der Waals surface area contributed by atoms with Crippen molar-refractivity contribution in [3.05, 3.63) is 54.1 Å². The van der Waals surface area contributed by atoms with Gasteiger partial charge in [-0.15, -0.1) is 0 Å². The fourth-order valence-electron chi connectivity index (χ4n) is 1.54. The Morgan fingerprint density at radius 2 is 1.86 bits per heavy atom. The van der Waals surface area contributed by atoms with Gasteiger partial charge in [-0.1, -0.05) is 17.7 Å². The molecule has 6 nitrogen and oxygen atoms in total. The van der Waals surface area contributed by atoms with E-state index in [2.05, 4.69) is 10.3 Å². The van der Waals surface area contributed by atoms with Gasteiger partial charge in [-0.3, -0.25) is 4.98 Å². The first kappa shape index (κ1) is 14.9. The number of urea groups is 1. The Hall–Kier alpha value is -2.48. The summed E-state index contributed by atoms with van der Waals surface area (Å²) in [5, 5.41) is 2.19. The van der Waals surface area contributed by atoms with E-state index in [0.717, 1.165) is 17.8 Å². The van der Waals surface area contributed by atoms with Gasteiger partial charge in [-0.05, 0) is 19.1 Å². The molecule has 0 fully saturated rings. The van der Waals surface area contributed by atoms with E-state index in [9.17, 15) is 17.6 Å². The third-order valence-corrected chi connectivity index (χ3v) is 3.87. The van der Waals surface area contributed by atoms with Crippen LogP contribution < -0.4 is 10.0 Å². The van der Waals surface area contributed by atoms with Crippen LogP contribution in [0.3, 0.4) is 0 Å². The lowest BCUT2D eigenvalue weighted by Gasteiger charge is -2.08. The van der Waals surface area contributed by atoms with Crippen molar-refractivity contribution in [2.75, 3.05) is 5.32 Å². The first-order chi connectivity index (χ1) is 9.87. The van der Waals surface area contributed by atoms with Crippen molar-refractivity contribution >= 4 is 21.7 Å². The quantitative estimate of drug-likeness (QED) is 0.908. The van der Waals surface area contributed by atoms with Gasteiger partial charge in [0.15, 0.2) is 0 Å². The highest BCUT2D eigenvalue weighted by atomic mass is 32.2. The maximum absolute atomic E-state index is 12.9. The smallest absolute Gasteiger partial charge is 0.306 e. The molecule has 1 heterocycles. The number of hydrogen-bond donors (Lipinski definition) is 2. The van der Waals surface area contributed by atoms with Gasteiger partial charge in [0.2, 0.25) is 0 Å². The van der Waals surface area contributed by atoms with Gasteiger partial charge in [-0.25, -0.2) is 22.3 Å². The number of anilines is 1. The predicted molar refractivity (Wildman–Crippen MR) is 74.7 cm³/mol. The number of aryl methyl sites for hydroxylation is 1. The number of benzene rings is 1. The molecule has 2 N–H and O–H groups in total. The number of rotatable bonds is 3. The molecule has 8 heteroatoms. The Morgan fingerprint density at radius 1 is 1.19 bits per heavy atom. The summed E-state index contributed by atoms with van der Waals surface area (Å²) >= 11 is 0. The van der Waals surface area contributed by atoms with E-state index in [1.807, 2.05) is 11.6 Å². The molecule has 0 aliphatic heterocycles. The van der Waals surface area contributed by atoms with Crippen LogP contribution in [0.15, 0.2) is 47.6 Å². The Morgan fingerprint density at radius 3 is 2.48 bits per heavy atom. The number of hydrogen-bond acceptors (Lipinski definition) is 4. The SMILES string of the molecule is Cc1ccc(S(=O)(=O)NC(=O)Nc2cncc(F)c2)cc1. The lowest BCUT2D eigenvalue weighted by atomic mass is 10.2. The molecule has 0 bridgehead atoms. The zero-order valence-corrected chi connectivity index (χ0v) is 11.8. The molecule has 0 saturated carbocycles. The average molecular weight is 309 g/mol. The van der Waals surface area contributed by atoms with E-state index in [-0.39, 0.29) is 10.6 Å². The van der Waals surface area contributed by atoms with Gasteiger partial charge in [0.25, 0.3) is 10.0 Å². The monoisotopic (exact) mass is 309 g/mol. The van der Waals surface area contributed by atoms with Gasteiger partial charge < -0.3 is 5.32 Å². The van der Waals surface area contributed by atoms with Crippen LogP contribution in [0.5, 0.6) is 0 Å². The maximum atomic E-state index is 12.9. The van der Waals surface area contributed by atoms with Crippen molar-refractivity contribution in [3.63, 3.8) is 0 Å². The maximum Gasteiger partial charge on any atom is 0.333 e. The number of nitrogens with zero attached hydrogens (tertiary/aromatic N) is 1. The molecule has 0 spiro atoms. The van der Waals surface area contributed by atoms with Gasteiger partial charge in [0.1, 0.15) is 5.82 Å². The molecule has 0 atom stereocenters. The zero-order valence-electron chi connectivity index (χ0n) is 11.0. The Kier molecular flexibility index (Phi) is 4.18. The minimum atomic E-state index is -3.98. The highest BCUT2D eigenvalue weighted by Gasteiger charge is 2.17. The van der Waals surface area contributed by atoms with Crippen LogP contribution in [-0.2, 0) is 10.0 Å². The number of aromatic nitrogens is 1. The molecular weight excluding hydrogens is 297 g/mol. The summed E-state index contributed by atoms with van der Waals surface area (Å²) in [6.07, 6.45) is 2.16. The van der Waals surface area contributed by atoms with E-state index in [1.165, 1.54) is 18.3 Å². The number of amides is 2. The second-order valence-corrected chi connectivity index (χ2v) is 5.95. The number of nitrogens with one attached hydrogen (secondary N) is 2. The number of sulfonamides is 1. The Labute approximate surface area is 121 Å². The molecule has 2 amide bonds. The minimum Gasteiger partial charge on any atom is -0.306 e. The molecule has 1 aromatic heterocycles. The van der Waals surface area contributed by atoms with Gasteiger partial charge >= 0.3 is 6.03 Å². The Balaban J connectivity index is 2.09. The van der Waals surface area contributed by atoms with Crippen LogP contribution >= 0.6 is 0 Å². The third-order valence-electron chi connectivity index (χ3n) is 2.52. The fraction of sp³-hybridized carbons (Fsp3) is 0.0769. The first-order valence-corrected chi connectivity index (χ1v) is 7.36. The summed E-state index contributed by atoms with van der Waals surface area (Å²) < 4.78 is 38.6. The van der Waals surface area contributed by atoms with Gasteiger partial charge in [-0.2, -0.15) is 0 Å². The third kappa shape index (κ3) is 3.99. The van der Waals surface area contributed by atoms with Crippen molar-refractivity contribution in [2.45, 2.75) is 11.8 Å². The molecular formula is C13H12FN3O3S. The summed E-state index contributed by atoms with van der Waals surface area (Å²) in [6.45, 7) is 1.81. The van der Waals surface area contributed by atoms with Crippen molar-refractivity contribution < 1.29 is 17.6 Å². The van der Waals surface area contributed by atoms with E-state index < -0.39 is 21.9 Å². The normalized spacial score (nSPS) is 11.0. The largest absolute Gasteiger partial charge is 0.333 e. The number of halogens is 1. The lowest BCUT2D eigenvalue weighted by Crippen LogP contribution is -2.34. The molecule has 2 rings (SSSR count). The number of carbonyl (C=O) groups is 1. The predicted octanol–water partition coefficient (Wildman–Crippen LogP) is 2.04. The van der Waals surface area contributed by atoms with Crippen molar-refractivity contribution in [3.8, 4) is 0 Å². The van der Waals surface area contributed by atoms with E-state index >= 15 is 0 Å². The Bertz CT molecular complexity index is 760. The second kappa shape index (κ2) is 5.88. The highest BCUT2D eigenvalue weighted by molar-refractivity contribution is 7.90. The summed E-state index contributed by atoms with van der Waals surface area (Å²) in [6, 6.07) is 6.02. The molecule has 0 saturated heterocycles. The second-order valence-electron chi connectivity index (χ2n) is 4.26. The summed E-state index contributed by atoms with van der Waals surface area (Å²) in [4.78, 5) is 15.1. The zero-order chi connectivity index (χ0) is 15.5. The summed E-state index contributed by atoms with van der Waals surface area (Å²) in [5.74, 6) is -0.644. The van der Waals surface area contributed by atoms with Crippen LogP contribution in [-0.4, -0.2) is 19.4 Å². The van der Waals surface area contributed by atoms with Crippen LogP contribution in [0.2, 0.25) is 0 Å². The van der Waals surface area contributed by atoms with Gasteiger partial charge in [0.05, 0.1) is 23.0 Å². The van der Waals surface area contributed by atoms with Crippen molar-refractivity contribution in [2.24, 2.45) is 0 Å². The topological polar surface area (TPSA) is 88.2 Å². The lowest BCUT2D eigenvalue weighted by molar-refractivity contribution is 0.256. The molecule has 21 heavy (non-hydrogen) atoms. The van der Waals surface area contributed by atoms with Crippen LogP contribution in [0.25, 0.3) is 0 Å². The van der Waals surface area contributed by atoms with Crippen LogP contribution in [0, 0.1) is 12.7 Å². The molecule has 1 aromatic carbocycles. The van der Waals surface area contributed by atoms with Crippen molar-refractivity contribution in [1.82, 2.24) is 9.71 Å². The molecule has 2 aromatic rings. The van der Waals surface area contributed by atoms with Crippen molar-refractivity contribution in [1.29, 1.82) is 0 Å². The van der Waals surface area contributed by atoms with E-state index in [4.69, 9.17) is 0 Å². The highest BCUT2D eigenvalue weighted by Crippen LogP contribution is 2.11. The first-order valence-electron chi connectivity index (χ1n) is 5.88. The molecule has 0 aliphatic carbocycles. The molecule has 0 radical (unpaired) electrons. The van der Waals surface area contributed by atoms with Gasteiger partial charge in [0, 0.05) is 6.07 Å². The van der Waals surface area contributed by atoms with Crippen LogP contribution in [0.4, 0.5) is 14.9 Å². The average Bonchev–Trinajstić information content (AvgIpc) is 2.38. The summed E-state index contributed by atoms with van der Waals surface area (Å²) in [7, 11) is -3.98. The minimum absolute atomic E-state index is 0.0411. The molecule has 110 valence electrons. The van der Waals surface area contributed by atoms with E-state index in [1.54, 1.807) is 12.1 Å². The number of carbonyl (C=O) groups excluding carboxylic acids is 1. The molecule has 0 unspecified atom stereocenters. The van der Waals surface area contributed by atoms with Crippen LogP contribution in [0.1, 0.15) is 5.56 Å². The molecule has 0 aliphatic rings. The standard InChI is InChI=1S/C13H12FN3O3S/c1-9-2-4-12(5-3-9)21(19,20)17-13(18)16-11-6-10(14)7-15-8-11/h2-8H,1H3,(H2,16,17,18). The summed E-state index contributed by atoms with van der Waals surface area (Å²) in [5.41, 5.74) is 0.941.